The highest BCUT2D eigenvalue weighted by molar-refractivity contribution is 7.15. The maximum absolute atomic E-state index is 6.09. The molecule has 3 rings (SSSR count). The molecule has 0 fully saturated rings. The van der Waals surface area contributed by atoms with Crippen molar-refractivity contribution < 1.29 is 0 Å². The Balaban J connectivity index is 1.85. The summed E-state index contributed by atoms with van der Waals surface area (Å²) < 4.78 is 0. The molecule has 0 amide bonds. The van der Waals surface area contributed by atoms with Gasteiger partial charge in [0.25, 0.3) is 0 Å². The Morgan fingerprint density at radius 3 is 2.70 bits per heavy atom. The molecule has 1 aromatic heterocycles. The number of anilines is 1. The number of fused-ring (bicyclic) bond motifs is 1. The predicted octanol–water partition coefficient (Wildman–Crippen LogP) is 4.05. The van der Waals surface area contributed by atoms with Crippen molar-refractivity contribution in [2.75, 3.05) is 11.4 Å². The predicted molar refractivity (Wildman–Crippen MR) is 84.8 cm³/mol. The van der Waals surface area contributed by atoms with Gasteiger partial charge in [0.15, 0.2) is 0 Å². The van der Waals surface area contributed by atoms with Crippen LogP contribution < -0.4 is 4.90 Å². The van der Waals surface area contributed by atoms with Crippen LogP contribution in [-0.4, -0.2) is 16.7 Å². The summed E-state index contributed by atoms with van der Waals surface area (Å²) >= 11 is 7.79. The molecule has 0 atom stereocenters. The summed E-state index contributed by atoms with van der Waals surface area (Å²) in [5.41, 5.74) is 2.76. The van der Waals surface area contributed by atoms with E-state index in [1.165, 1.54) is 11.1 Å². The molecule has 0 aliphatic carbocycles. The molecule has 5 heteroatoms. The van der Waals surface area contributed by atoms with Crippen LogP contribution >= 0.6 is 22.9 Å². The third kappa shape index (κ3) is 2.67. The van der Waals surface area contributed by atoms with Crippen molar-refractivity contribution in [3.8, 4) is 0 Å². The largest absolute Gasteiger partial charge is 0.342 e. The van der Waals surface area contributed by atoms with Crippen LogP contribution in [0.5, 0.6) is 0 Å². The fraction of sp³-hybridized carbons (Fsp3) is 0.467. The molecule has 3 nitrogen and oxygen atoms in total. The molecule has 0 bridgehead atoms. The Kier molecular flexibility index (Phi) is 3.46. The van der Waals surface area contributed by atoms with E-state index in [0.717, 1.165) is 34.7 Å². The Labute approximate surface area is 128 Å². The van der Waals surface area contributed by atoms with E-state index in [9.17, 15) is 0 Å². The van der Waals surface area contributed by atoms with E-state index >= 15 is 0 Å². The molecule has 0 spiro atoms. The van der Waals surface area contributed by atoms with Crippen molar-refractivity contribution in [2.45, 2.75) is 39.2 Å². The summed E-state index contributed by atoms with van der Waals surface area (Å²) in [6.07, 6.45) is 1.04. The van der Waals surface area contributed by atoms with Gasteiger partial charge in [-0.3, -0.25) is 0 Å². The lowest BCUT2D eigenvalue weighted by molar-refractivity contribution is 0.578. The molecular weight excluding hydrogens is 290 g/mol. The third-order valence-corrected chi connectivity index (χ3v) is 5.15. The molecule has 0 N–H and O–H groups in total. The molecule has 1 aliphatic heterocycles. The number of hydrogen-bond donors (Lipinski definition) is 0. The van der Waals surface area contributed by atoms with Gasteiger partial charge >= 0.3 is 0 Å². The van der Waals surface area contributed by atoms with Crippen LogP contribution in [-0.2, 0) is 18.4 Å². The average molecular weight is 308 g/mol. The zero-order valence-corrected chi connectivity index (χ0v) is 13.6. The van der Waals surface area contributed by atoms with Crippen LogP contribution in [0.2, 0.25) is 5.02 Å². The monoisotopic (exact) mass is 307 g/mol. The van der Waals surface area contributed by atoms with Crippen molar-refractivity contribution in [1.29, 1.82) is 0 Å². The molecule has 2 heterocycles. The van der Waals surface area contributed by atoms with Crippen molar-refractivity contribution >= 4 is 28.1 Å². The molecule has 1 aromatic carbocycles. The van der Waals surface area contributed by atoms with Gasteiger partial charge in [-0.05, 0) is 29.7 Å². The second-order valence-corrected chi connectivity index (χ2v) is 7.62. The summed E-state index contributed by atoms with van der Waals surface area (Å²) in [5.74, 6) is 0. The minimum Gasteiger partial charge on any atom is -0.342 e. The van der Waals surface area contributed by atoms with Gasteiger partial charge in [-0.15, -0.1) is 10.2 Å². The average Bonchev–Trinajstić information content (AvgIpc) is 2.87. The lowest BCUT2D eigenvalue weighted by Crippen LogP contribution is -2.30. The fourth-order valence-corrected chi connectivity index (χ4v) is 3.46. The molecule has 20 heavy (non-hydrogen) atoms. The van der Waals surface area contributed by atoms with E-state index in [1.54, 1.807) is 11.3 Å². The second kappa shape index (κ2) is 5.01. The van der Waals surface area contributed by atoms with Gasteiger partial charge in [-0.2, -0.15) is 0 Å². The Hall–Kier alpha value is -1.13. The smallest absolute Gasteiger partial charge is 0.208 e. The van der Waals surface area contributed by atoms with Gasteiger partial charge in [0.1, 0.15) is 5.01 Å². The van der Waals surface area contributed by atoms with Crippen LogP contribution in [0, 0.1) is 0 Å². The topological polar surface area (TPSA) is 29.0 Å². The van der Waals surface area contributed by atoms with E-state index < -0.39 is 0 Å². The van der Waals surface area contributed by atoms with Crippen LogP contribution in [0.3, 0.4) is 0 Å². The number of halogens is 1. The van der Waals surface area contributed by atoms with E-state index in [0.29, 0.717) is 0 Å². The SMILES string of the molecule is CC(C)(C)c1nnc(N2CCc3ccc(Cl)cc3C2)s1. The molecule has 106 valence electrons. The van der Waals surface area contributed by atoms with Crippen LogP contribution in [0.1, 0.15) is 36.9 Å². The number of benzene rings is 1. The van der Waals surface area contributed by atoms with Gasteiger partial charge in [0.2, 0.25) is 5.13 Å². The summed E-state index contributed by atoms with van der Waals surface area (Å²) in [4.78, 5) is 2.30. The van der Waals surface area contributed by atoms with Crippen molar-refractivity contribution in [1.82, 2.24) is 10.2 Å². The Morgan fingerprint density at radius 2 is 2.00 bits per heavy atom. The van der Waals surface area contributed by atoms with Crippen LogP contribution in [0.15, 0.2) is 18.2 Å². The van der Waals surface area contributed by atoms with Gasteiger partial charge in [0.05, 0.1) is 0 Å². The van der Waals surface area contributed by atoms with E-state index in [2.05, 4.69) is 48.0 Å². The van der Waals surface area contributed by atoms with E-state index in [4.69, 9.17) is 11.6 Å². The highest BCUT2D eigenvalue weighted by Gasteiger charge is 2.24. The minimum atomic E-state index is 0.0624. The highest BCUT2D eigenvalue weighted by atomic mass is 35.5. The summed E-state index contributed by atoms with van der Waals surface area (Å²) in [6, 6.07) is 6.17. The van der Waals surface area contributed by atoms with Crippen molar-refractivity contribution in [3.63, 3.8) is 0 Å². The van der Waals surface area contributed by atoms with E-state index in [-0.39, 0.29) is 5.41 Å². The van der Waals surface area contributed by atoms with Gasteiger partial charge in [-0.25, -0.2) is 0 Å². The summed E-state index contributed by atoms with van der Waals surface area (Å²) in [7, 11) is 0. The summed E-state index contributed by atoms with van der Waals surface area (Å²) in [5, 5.41) is 11.6. The Morgan fingerprint density at radius 1 is 1.20 bits per heavy atom. The van der Waals surface area contributed by atoms with Crippen molar-refractivity contribution in [3.05, 3.63) is 39.4 Å². The molecule has 1 aliphatic rings. The first-order chi connectivity index (χ1) is 9.43. The minimum absolute atomic E-state index is 0.0624. The first-order valence-corrected chi connectivity index (χ1v) is 7.99. The molecule has 0 unspecified atom stereocenters. The number of nitrogens with zero attached hydrogens (tertiary/aromatic N) is 3. The fourth-order valence-electron chi connectivity index (χ4n) is 2.34. The lowest BCUT2D eigenvalue weighted by atomic mass is 9.98. The quantitative estimate of drug-likeness (QED) is 0.796. The van der Waals surface area contributed by atoms with Gasteiger partial charge < -0.3 is 4.90 Å². The van der Waals surface area contributed by atoms with Crippen molar-refractivity contribution in [2.24, 2.45) is 0 Å². The number of aromatic nitrogens is 2. The Bertz CT molecular complexity index is 630. The van der Waals surface area contributed by atoms with E-state index in [1.807, 2.05) is 6.07 Å². The summed E-state index contributed by atoms with van der Waals surface area (Å²) in [6.45, 7) is 8.37. The standard InChI is InChI=1S/C15H18ClN3S/c1-15(2,3)13-17-18-14(20-13)19-7-6-10-4-5-12(16)8-11(10)9-19/h4-5,8H,6-7,9H2,1-3H3. The highest BCUT2D eigenvalue weighted by Crippen LogP contribution is 2.32. The van der Waals surface area contributed by atoms with Crippen LogP contribution in [0.25, 0.3) is 0 Å². The number of rotatable bonds is 1. The molecular formula is C15H18ClN3S. The zero-order chi connectivity index (χ0) is 14.3. The maximum atomic E-state index is 6.09. The first kappa shape index (κ1) is 13.8. The molecule has 0 saturated heterocycles. The number of hydrogen-bond acceptors (Lipinski definition) is 4. The van der Waals surface area contributed by atoms with Crippen LogP contribution in [0.4, 0.5) is 5.13 Å². The first-order valence-electron chi connectivity index (χ1n) is 6.80. The van der Waals surface area contributed by atoms with Gasteiger partial charge in [-0.1, -0.05) is 49.8 Å². The molecule has 0 saturated carbocycles. The zero-order valence-electron chi connectivity index (χ0n) is 12.0. The molecule has 2 aromatic rings. The van der Waals surface area contributed by atoms with Gasteiger partial charge in [0, 0.05) is 23.5 Å². The maximum Gasteiger partial charge on any atom is 0.208 e. The third-order valence-electron chi connectivity index (χ3n) is 3.51. The normalized spacial score (nSPS) is 15.3. The molecule has 0 radical (unpaired) electrons. The second-order valence-electron chi connectivity index (χ2n) is 6.22. The lowest BCUT2D eigenvalue weighted by Gasteiger charge is -2.28.